The van der Waals surface area contributed by atoms with Gasteiger partial charge >= 0.3 is 0 Å². The molecule has 0 radical (unpaired) electrons. The number of hydrogen-bond donors (Lipinski definition) is 1. The number of benzene rings is 1. The molecule has 1 aromatic rings. The van der Waals surface area contributed by atoms with Gasteiger partial charge in [0.15, 0.2) is 0 Å². The lowest BCUT2D eigenvalue weighted by atomic mass is 9.86. The van der Waals surface area contributed by atoms with Gasteiger partial charge in [0, 0.05) is 17.7 Å². The minimum absolute atomic E-state index is 0.136. The van der Waals surface area contributed by atoms with Gasteiger partial charge in [-0.1, -0.05) is 19.4 Å². The summed E-state index contributed by atoms with van der Waals surface area (Å²) in [4.78, 5) is 0. The lowest BCUT2D eigenvalue weighted by Crippen LogP contribution is -2.24. The monoisotopic (exact) mass is 265 g/mol. The quantitative estimate of drug-likeness (QED) is 0.885. The Labute approximate surface area is 115 Å². The third-order valence-electron chi connectivity index (χ3n) is 4.13. The zero-order valence-electron chi connectivity index (χ0n) is 11.9. The Bertz CT molecular complexity index is 411. The maximum atomic E-state index is 13.4. The molecular formula is C16H24FNO. The van der Waals surface area contributed by atoms with Crippen molar-refractivity contribution in [2.45, 2.75) is 58.1 Å². The summed E-state index contributed by atoms with van der Waals surface area (Å²) < 4.78 is 19.4. The van der Waals surface area contributed by atoms with Crippen LogP contribution in [0, 0.1) is 11.7 Å². The molecule has 0 aliphatic heterocycles. The minimum atomic E-state index is -0.262. The summed E-state index contributed by atoms with van der Waals surface area (Å²) in [6.45, 7) is 4.14. The van der Waals surface area contributed by atoms with Crippen LogP contribution in [0.1, 0.15) is 57.6 Å². The first-order valence-corrected chi connectivity index (χ1v) is 7.31. The van der Waals surface area contributed by atoms with E-state index in [-0.39, 0.29) is 18.0 Å². The molecule has 0 spiro atoms. The second-order valence-electron chi connectivity index (χ2n) is 5.64. The number of nitrogens with two attached hydrogens (primary N) is 1. The van der Waals surface area contributed by atoms with Crippen molar-refractivity contribution in [3.8, 4) is 5.75 Å². The van der Waals surface area contributed by atoms with Gasteiger partial charge in [0.1, 0.15) is 11.6 Å². The Morgan fingerprint density at radius 2 is 2.00 bits per heavy atom. The van der Waals surface area contributed by atoms with Gasteiger partial charge in [-0.25, -0.2) is 4.39 Å². The third-order valence-corrected chi connectivity index (χ3v) is 4.13. The highest BCUT2D eigenvalue weighted by Crippen LogP contribution is 2.32. The van der Waals surface area contributed by atoms with E-state index in [9.17, 15) is 4.39 Å². The van der Waals surface area contributed by atoms with Crippen molar-refractivity contribution < 1.29 is 9.13 Å². The predicted octanol–water partition coefficient (Wildman–Crippen LogP) is 4.19. The normalized spacial score (nSPS) is 25.1. The summed E-state index contributed by atoms with van der Waals surface area (Å²) >= 11 is 0. The van der Waals surface area contributed by atoms with E-state index in [1.807, 2.05) is 6.92 Å². The molecule has 0 amide bonds. The van der Waals surface area contributed by atoms with Crippen LogP contribution in [0.15, 0.2) is 18.2 Å². The molecule has 1 aliphatic rings. The largest absolute Gasteiger partial charge is 0.490 e. The second-order valence-corrected chi connectivity index (χ2v) is 5.64. The molecular weight excluding hydrogens is 241 g/mol. The molecule has 0 heterocycles. The molecule has 0 bridgehead atoms. The molecule has 2 rings (SSSR count). The van der Waals surface area contributed by atoms with Crippen LogP contribution in [0.25, 0.3) is 0 Å². The predicted molar refractivity (Wildman–Crippen MR) is 75.7 cm³/mol. The second kappa shape index (κ2) is 6.38. The standard InChI is InChI=1S/C16H24FNO/c1-3-12-4-7-14(8-5-12)19-16-10-13(17)6-9-15(16)11(2)18/h6,9-12,14H,3-5,7-8,18H2,1-2H3/t11-,12?,14?/m1/s1. The van der Waals surface area contributed by atoms with Crippen molar-refractivity contribution in [2.24, 2.45) is 11.7 Å². The first-order valence-electron chi connectivity index (χ1n) is 7.31. The average Bonchev–Trinajstić information content (AvgIpc) is 2.39. The van der Waals surface area contributed by atoms with Crippen LogP contribution in [0.5, 0.6) is 5.75 Å². The maximum absolute atomic E-state index is 13.4. The highest BCUT2D eigenvalue weighted by atomic mass is 19.1. The molecule has 0 saturated heterocycles. The molecule has 1 aromatic carbocycles. The van der Waals surface area contributed by atoms with Crippen molar-refractivity contribution >= 4 is 0 Å². The lowest BCUT2D eigenvalue weighted by molar-refractivity contribution is 0.128. The molecule has 2 nitrogen and oxygen atoms in total. The molecule has 1 fully saturated rings. The Hall–Kier alpha value is -1.09. The molecule has 1 aliphatic carbocycles. The minimum Gasteiger partial charge on any atom is -0.490 e. The van der Waals surface area contributed by atoms with Gasteiger partial charge in [0.25, 0.3) is 0 Å². The lowest BCUT2D eigenvalue weighted by Gasteiger charge is -2.29. The van der Waals surface area contributed by atoms with E-state index >= 15 is 0 Å². The van der Waals surface area contributed by atoms with Crippen LogP contribution in [0.2, 0.25) is 0 Å². The Kier molecular flexibility index (Phi) is 4.81. The van der Waals surface area contributed by atoms with Crippen molar-refractivity contribution in [1.29, 1.82) is 0 Å². The highest BCUT2D eigenvalue weighted by Gasteiger charge is 2.22. The van der Waals surface area contributed by atoms with Crippen LogP contribution in [-0.4, -0.2) is 6.10 Å². The zero-order chi connectivity index (χ0) is 13.8. The maximum Gasteiger partial charge on any atom is 0.127 e. The van der Waals surface area contributed by atoms with Gasteiger partial charge in [0.2, 0.25) is 0 Å². The molecule has 0 aromatic heterocycles. The van der Waals surface area contributed by atoms with E-state index in [0.29, 0.717) is 5.75 Å². The fraction of sp³-hybridized carbons (Fsp3) is 0.625. The van der Waals surface area contributed by atoms with Crippen LogP contribution < -0.4 is 10.5 Å². The van der Waals surface area contributed by atoms with E-state index in [0.717, 1.165) is 24.3 Å². The fourth-order valence-corrected chi connectivity index (χ4v) is 2.82. The first kappa shape index (κ1) is 14.3. The summed E-state index contributed by atoms with van der Waals surface area (Å²) in [5.74, 6) is 1.19. The van der Waals surface area contributed by atoms with Crippen molar-refractivity contribution in [1.82, 2.24) is 0 Å². The van der Waals surface area contributed by atoms with Gasteiger partial charge in [0.05, 0.1) is 6.10 Å². The molecule has 2 N–H and O–H groups in total. The number of rotatable bonds is 4. The van der Waals surface area contributed by atoms with E-state index in [1.54, 1.807) is 6.07 Å². The molecule has 19 heavy (non-hydrogen) atoms. The SMILES string of the molecule is CCC1CCC(Oc2cc(F)ccc2[C@@H](C)N)CC1. The zero-order valence-corrected chi connectivity index (χ0v) is 11.9. The van der Waals surface area contributed by atoms with E-state index in [2.05, 4.69) is 6.92 Å². The third kappa shape index (κ3) is 3.69. The summed E-state index contributed by atoms with van der Waals surface area (Å²) in [5.41, 5.74) is 6.80. The molecule has 0 unspecified atom stereocenters. The molecule has 1 saturated carbocycles. The van der Waals surface area contributed by atoms with Gasteiger partial charge in [-0.05, 0) is 44.6 Å². The topological polar surface area (TPSA) is 35.2 Å². The summed E-state index contributed by atoms with van der Waals surface area (Å²) in [5, 5.41) is 0. The number of halogens is 1. The smallest absolute Gasteiger partial charge is 0.127 e. The summed E-state index contributed by atoms with van der Waals surface area (Å²) in [6, 6.07) is 4.50. The van der Waals surface area contributed by atoms with Crippen molar-refractivity contribution in [3.05, 3.63) is 29.6 Å². The van der Waals surface area contributed by atoms with Gasteiger partial charge in [-0.2, -0.15) is 0 Å². The Balaban J connectivity index is 2.04. The first-order chi connectivity index (χ1) is 9.10. The Morgan fingerprint density at radius 1 is 1.32 bits per heavy atom. The molecule has 106 valence electrons. The van der Waals surface area contributed by atoms with Crippen LogP contribution >= 0.6 is 0 Å². The molecule has 1 atom stereocenters. The van der Waals surface area contributed by atoms with Gasteiger partial charge < -0.3 is 10.5 Å². The Morgan fingerprint density at radius 3 is 2.58 bits per heavy atom. The number of ether oxygens (including phenoxy) is 1. The summed E-state index contributed by atoms with van der Waals surface area (Å²) in [6.07, 6.45) is 6.01. The van der Waals surface area contributed by atoms with Crippen LogP contribution in [0.3, 0.4) is 0 Å². The summed E-state index contributed by atoms with van der Waals surface area (Å²) in [7, 11) is 0. The average molecular weight is 265 g/mol. The number of hydrogen-bond acceptors (Lipinski definition) is 2. The highest BCUT2D eigenvalue weighted by molar-refractivity contribution is 5.36. The van der Waals surface area contributed by atoms with Crippen LogP contribution in [0.4, 0.5) is 4.39 Å². The van der Waals surface area contributed by atoms with Crippen LogP contribution in [-0.2, 0) is 0 Å². The van der Waals surface area contributed by atoms with E-state index in [4.69, 9.17) is 10.5 Å². The van der Waals surface area contributed by atoms with E-state index in [1.165, 1.54) is 31.4 Å². The van der Waals surface area contributed by atoms with Crippen molar-refractivity contribution in [2.75, 3.05) is 0 Å². The van der Waals surface area contributed by atoms with Crippen molar-refractivity contribution in [3.63, 3.8) is 0 Å². The molecule has 3 heteroatoms. The van der Waals surface area contributed by atoms with Gasteiger partial charge in [-0.3, -0.25) is 0 Å². The van der Waals surface area contributed by atoms with Gasteiger partial charge in [-0.15, -0.1) is 0 Å². The van der Waals surface area contributed by atoms with E-state index < -0.39 is 0 Å². The fourth-order valence-electron chi connectivity index (χ4n) is 2.82.